The number of nitrogens with zero attached hydrogens (tertiary/aromatic N) is 4. The largest absolute Gasteiger partial charge is 0.406 e. The lowest BCUT2D eigenvalue weighted by molar-refractivity contribution is 0.266. The highest BCUT2D eigenvalue weighted by Crippen LogP contribution is 2.23. The summed E-state index contributed by atoms with van der Waals surface area (Å²) in [5, 5.41) is 7.75. The van der Waals surface area contributed by atoms with E-state index in [1.807, 2.05) is 6.92 Å². The second kappa shape index (κ2) is 4.59. The first kappa shape index (κ1) is 11.7. The van der Waals surface area contributed by atoms with Gasteiger partial charge < -0.3 is 14.2 Å². The summed E-state index contributed by atoms with van der Waals surface area (Å²) < 4.78 is 5.54. The van der Waals surface area contributed by atoms with Crippen molar-refractivity contribution in [2.75, 3.05) is 31.6 Å². The third-order valence-corrected chi connectivity index (χ3v) is 3.03. The quantitative estimate of drug-likeness (QED) is 0.738. The average molecular weight is 245 g/mol. The summed E-state index contributed by atoms with van der Waals surface area (Å²) >= 11 is 5.89. The Balaban J connectivity index is 2.11. The van der Waals surface area contributed by atoms with Gasteiger partial charge in [0.05, 0.1) is 0 Å². The molecular formula is C10H17ClN4O. The molecule has 5 nitrogen and oxygen atoms in total. The number of anilines is 1. The van der Waals surface area contributed by atoms with Crippen LogP contribution in [0.3, 0.4) is 0 Å². The molecule has 2 heterocycles. The van der Waals surface area contributed by atoms with Crippen LogP contribution in [0.15, 0.2) is 4.42 Å². The second-order valence-corrected chi connectivity index (χ2v) is 5.00. The van der Waals surface area contributed by atoms with Crippen LogP contribution in [0.25, 0.3) is 0 Å². The maximum atomic E-state index is 5.89. The van der Waals surface area contributed by atoms with Gasteiger partial charge in [0.2, 0.25) is 5.89 Å². The van der Waals surface area contributed by atoms with Crippen LogP contribution in [-0.4, -0.2) is 47.8 Å². The molecule has 0 bridgehead atoms. The van der Waals surface area contributed by atoms with Gasteiger partial charge in [-0.3, -0.25) is 0 Å². The SMILES string of the molecule is CC(Cl)c1nnc(N2CCN(C)CC2C)o1. The molecule has 6 heteroatoms. The smallest absolute Gasteiger partial charge is 0.318 e. The number of aromatic nitrogens is 2. The van der Waals surface area contributed by atoms with Crippen molar-refractivity contribution in [3.63, 3.8) is 0 Å². The molecule has 16 heavy (non-hydrogen) atoms. The van der Waals surface area contributed by atoms with E-state index in [9.17, 15) is 0 Å². The van der Waals surface area contributed by atoms with Gasteiger partial charge in [-0.25, -0.2) is 0 Å². The van der Waals surface area contributed by atoms with Crippen molar-refractivity contribution in [3.05, 3.63) is 5.89 Å². The van der Waals surface area contributed by atoms with Gasteiger partial charge in [-0.2, -0.15) is 0 Å². The van der Waals surface area contributed by atoms with Crippen molar-refractivity contribution >= 4 is 17.6 Å². The van der Waals surface area contributed by atoms with Gasteiger partial charge in [-0.1, -0.05) is 5.10 Å². The first-order chi connectivity index (χ1) is 7.58. The van der Waals surface area contributed by atoms with Crippen molar-refractivity contribution in [1.29, 1.82) is 0 Å². The highest BCUT2D eigenvalue weighted by atomic mass is 35.5. The summed E-state index contributed by atoms with van der Waals surface area (Å²) in [6.45, 7) is 6.92. The molecule has 90 valence electrons. The molecule has 0 spiro atoms. The molecule has 2 rings (SSSR count). The zero-order valence-electron chi connectivity index (χ0n) is 9.85. The van der Waals surface area contributed by atoms with Gasteiger partial charge in [0.15, 0.2) is 0 Å². The number of piperazine rings is 1. The van der Waals surface area contributed by atoms with Gasteiger partial charge in [-0.05, 0) is 20.9 Å². The third-order valence-electron chi connectivity index (χ3n) is 2.85. The fourth-order valence-electron chi connectivity index (χ4n) is 1.93. The van der Waals surface area contributed by atoms with Crippen molar-refractivity contribution in [2.45, 2.75) is 25.3 Å². The molecule has 1 aliphatic heterocycles. The van der Waals surface area contributed by atoms with E-state index in [2.05, 4.69) is 34.0 Å². The van der Waals surface area contributed by atoms with Gasteiger partial charge in [0.1, 0.15) is 5.38 Å². The van der Waals surface area contributed by atoms with Gasteiger partial charge >= 0.3 is 6.01 Å². The molecule has 0 saturated carbocycles. The summed E-state index contributed by atoms with van der Waals surface area (Å²) in [5.74, 6) is 0.489. The molecule has 2 unspecified atom stereocenters. The number of rotatable bonds is 2. The second-order valence-electron chi connectivity index (χ2n) is 4.34. The Bertz CT molecular complexity index is 354. The summed E-state index contributed by atoms with van der Waals surface area (Å²) in [4.78, 5) is 4.43. The predicted octanol–water partition coefficient (Wildman–Crippen LogP) is 1.51. The Labute approximate surface area is 100 Å². The number of hydrogen-bond acceptors (Lipinski definition) is 5. The minimum absolute atomic E-state index is 0.232. The molecule has 0 aliphatic carbocycles. The van der Waals surface area contributed by atoms with Gasteiger partial charge in [-0.15, -0.1) is 16.7 Å². The number of likely N-dealkylation sites (N-methyl/N-ethyl adjacent to an activating group) is 1. The molecule has 0 radical (unpaired) electrons. The van der Waals surface area contributed by atoms with E-state index in [0.717, 1.165) is 19.6 Å². The maximum absolute atomic E-state index is 5.89. The van der Waals surface area contributed by atoms with E-state index in [1.54, 1.807) is 0 Å². The third kappa shape index (κ3) is 2.30. The fourth-order valence-corrected chi connectivity index (χ4v) is 2.02. The molecular weight excluding hydrogens is 228 g/mol. The molecule has 1 aromatic heterocycles. The Kier molecular flexibility index (Phi) is 3.35. The van der Waals surface area contributed by atoms with E-state index in [0.29, 0.717) is 17.9 Å². The highest BCUT2D eigenvalue weighted by molar-refractivity contribution is 6.20. The maximum Gasteiger partial charge on any atom is 0.318 e. The van der Waals surface area contributed by atoms with Crippen LogP contribution in [0.5, 0.6) is 0 Å². The van der Waals surface area contributed by atoms with Crippen molar-refractivity contribution in [1.82, 2.24) is 15.1 Å². The van der Waals surface area contributed by atoms with E-state index < -0.39 is 0 Å². The molecule has 0 amide bonds. The molecule has 0 N–H and O–H groups in total. The van der Waals surface area contributed by atoms with Crippen LogP contribution in [0.1, 0.15) is 25.1 Å². The summed E-state index contributed by atoms with van der Waals surface area (Å²) in [6.07, 6.45) is 0. The molecule has 0 aromatic carbocycles. The summed E-state index contributed by atoms with van der Waals surface area (Å²) in [7, 11) is 2.12. The normalized spacial score (nSPS) is 24.8. The standard InChI is InChI=1S/C10H17ClN4O/c1-7-6-14(3)4-5-15(7)10-13-12-9(16-10)8(2)11/h7-8H,4-6H2,1-3H3. The van der Waals surface area contributed by atoms with E-state index in [1.165, 1.54) is 0 Å². The number of halogens is 1. The number of hydrogen-bond donors (Lipinski definition) is 0. The van der Waals surface area contributed by atoms with Crippen LogP contribution >= 0.6 is 11.6 Å². The van der Waals surface area contributed by atoms with Gasteiger partial charge in [0.25, 0.3) is 0 Å². The Morgan fingerprint density at radius 2 is 2.19 bits per heavy atom. The van der Waals surface area contributed by atoms with Crippen molar-refractivity contribution in [3.8, 4) is 0 Å². The van der Waals surface area contributed by atoms with Crippen LogP contribution in [-0.2, 0) is 0 Å². The minimum Gasteiger partial charge on any atom is -0.406 e. The first-order valence-corrected chi connectivity index (χ1v) is 5.94. The molecule has 1 fully saturated rings. The van der Waals surface area contributed by atoms with Crippen LogP contribution < -0.4 is 4.90 Å². The van der Waals surface area contributed by atoms with E-state index in [-0.39, 0.29) is 5.38 Å². The van der Waals surface area contributed by atoms with Crippen molar-refractivity contribution < 1.29 is 4.42 Å². The zero-order valence-corrected chi connectivity index (χ0v) is 10.6. The topological polar surface area (TPSA) is 45.4 Å². The highest BCUT2D eigenvalue weighted by Gasteiger charge is 2.26. The Morgan fingerprint density at radius 1 is 1.44 bits per heavy atom. The van der Waals surface area contributed by atoms with E-state index >= 15 is 0 Å². The lowest BCUT2D eigenvalue weighted by Crippen LogP contribution is -2.50. The van der Waals surface area contributed by atoms with Crippen LogP contribution in [0, 0.1) is 0 Å². The van der Waals surface area contributed by atoms with Crippen LogP contribution in [0.2, 0.25) is 0 Å². The Morgan fingerprint density at radius 3 is 2.75 bits per heavy atom. The van der Waals surface area contributed by atoms with Crippen molar-refractivity contribution in [2.24, 2.45) is 0 Å². The molecule has 1 aromatic rings. The lowest BCUT2D eigenvalue weighted by atomic mass is 10.2. The monoisotopic (exact) mass is 244 g/mol. The Hall–Kier alpha value is -0.810. The molecule has 2 atom stereocenters. The van der Waals surface area contributed by atoms with Crippen LogP contribution in [0.4, 0.5) is 6.01 Å². The predicted molar refractivity (Wildman–Crippen MR) is 62.9 cm³/mol. The van der Waals surface area contributed by atoms with E-state index in [4.69, 9.17) is 16.0 Å². The zero-order chi connectivity index (χ0) is 11.7. The summed E-state index contributed by atoms with van der Waals surface area (Å²) in [5.41, 5.74) is 0. The molecule has 1 aliphatic rings. The number of alkyl halides is 1. The first-order valence-electron chi connectivity index (χ1n) is 5.50. The average Bonchev–Trinajstić information content (AvgIpc) is 2.66. The van der Waals surface area contributed by atoms with Gasteiger partial charge in [0, 0.05) is 25.7 Å². The summed E-state index contributed by atoms with van der Waals surface area (Å²) in [6, 6.07) is 0.973. The fraction of sp³-hybridized carbons (Fsp3) is 0.800. The lowest BCUT2D eigenvalue weighted by Gasteiger charge is -2.36. The minimum atomic E-state index is -0.232. The molecule has 1 saturated heterocycles.